The molecule has 0 aromatic rings. The Morgan fingerprint density at radius 2 is 1.79 bits per heavy atom. The molecule has 2 aliphatic rings. The Labute approximate surface area is 119 Å². The SMILES string of the molecule is CC#CCC(NCC)C1(N2CCCCC2)CCCC1. The summed E-state index contributed by atoms with van der Waals surface area (Å²) in [5.41, 5.74) is 0.403. The normalized spacial score (nSPS) is 24.7. The fourth-order valence-corrected chi connectivity index (χ4v) is 4.11. The van der Waals surface area contributed by atoms with Crippen LogP contribution >= 0.6 is 0 Å². The highest BCUT2D eigenvalue weighted by Gasteiger charge is 2.45. The van der Waals surface area contributed by atoms with Crippen LogP contribution in [0.2, 0.25) is 0 Å². The molecule has 1 N–H and O–H groups in total. The third kappa shape index (κ3) is 3.33. The van der Waals surface area contributed by atoms with Crippen LogP contribution in [0.5, 0.6) is 0 Å². The first-order valence-electron chi connectivity index (χ1n) is 8.21. The molecule has 2 rings (SSSR count). The van der Waals surface area contributed by atoms with E-state index in [1.165, 1.54) is 58.0 Å². The van der Waals surface area contributed by atoms with E-state index >= 15 is 0 Å². The number of hydrogen-bond donors (Lipinski definition) is 1. The second-order valence-electron chi connectivity index (χ2n) is 6.10. The molecule has 0 spiro atoms. The zero-order chi connectivity index (χ0) is 13.6. The largest absolute Gasteiger partial charge is 0.312 e. The van der Waals surface area contributed by atoms with Crippen molar-refractivity contribution < 1.29 is 0 Å². The maximum atomic E-state index is 3.75. The Bertz CT molecular complexity index is 314. The molecule has 0 aromatic carbocycles. The van der Waals surface area contributed by atoms with Gasteiger partial charge in [-0.2, -0.15) is 0 Å². The van der Waals surface area contributed by atoms with E-state index in [0.29, 0.717) is 11.6 Å². The maximum absolute atomic E-state index is 3.75. The smallest absolute Gasteiger partial charge is 0.0371 e. The summed E-state index contributed by atoms with van der Waals surface area (Å²) < 4.78 is 0. The Balaban J connectivity index is 2.15. The van der Waals surface area contributed by atoms with E-state index in [1.54, 1.807) is 0 Å². The second kappa shape index (κ2) is 7.31. The highest BCUT2D eigenvalue weighted by Crippen LogP contribution is 2.40. The summed E-state index contributed by atoms with van der Waals surface area (Å²) in [7, 11) is 0. The highest BCUT2D eigenvalue weighted by atomic mass is 15.2. The zero-order valence-electron chi connectivity index (χ0n) is 12.8. The Morgan fingerprint density at radius 1 is 1.11 bits per heavy atom. The third-order valence-corrected chi connectivity index (χ3v) is 5.04. The number of nitrogens with zero attached hydrogens (tertiary/aromatic N) is 1. The van der Waals surface area contributed by atoms with Gasteiger partial charge in [-0.05, 0) is 52.2 Å². The first-order chi connectivity index (χ1) is 9.33. The first-order valence-corrected chi connectivity index (χ1v) is 8.21. The van der Waals surface area contributed by atoms with Gasteiger partial charge in [-0.15, -0.1) is 11.8 Å². The average Bonchev–Trinajstić information content (AvgIpc) is 2.95. The molecule has 1 aliphatic heterocycles. The molecule has 1 heterocycles. The molecule has 0 amide bonds. The molecule has 1 saturated carbocycles. The van der Waals surface area contributed by atoms with E-state index in [4.69, 9.17) is 0 Å². The van der Waals surface area contributed by atoms with Crippen molar-refractivity contribution in [1.29, 1.82) is 0 Å². The van der Waals surface area contributed by atoms with E-state index in [2.05, 4.69) is 29.0 Å². The predicted octanol–water partition coefficient (Wildman–Crippen LogP) is 3.18. The van der Waals surface area contributed by atoms with Gasteiger partial charge in [0.05, 0.1) is 0 Å². The minimum atomic E-state index is 0.403. The molecule has 1 atom stereocenters. The van der Waals surface area contributed by atoms with Crippen LogP contribution in [-0.4, -0.2) is 36.1 Å². The lowest BCUT2D eigenvalue weighted by Gasteiger charge is -2.48. The molecule has 2 nitrogen and oxygen atoms in total. The Hall–Kier alpha value is -0.520. The minimum Gasteiger partial charge on any atom is -0.312 e. The van der Waals surface area contributed by atoms with E-state index in [-0.39, 0.29) is 0 Å². The first kappa shape index (κ1) is 14.9. The minimum absolute atomic E-state index is 0.403. The van der Waals surface area contributed by atoms with Crippen molar-refractivity contribution in [3.63, 3.8) is 0 Å². The fraction of sp³-hybridized carbons (Fsp3) is 0.882. The molecular weight excluding hydrogens is 232 g/mol. The van der Waals surface area contributed by atoms with Crippen LogP contribution in [0.15, 0.2) is 0 Å². The summed E-state index contributed by atoms with van der Waals surface area (Å²) in [5, 5.41) is 3.75. The number of hydrogen-bond acceptors (Lipinski definition) is 2. The summed E-state index contributed by atoms with van der Waals surface area (Å²) in [6, 6.07) is 0.561. The number of likely N-dealkylation sites (N-methyl/N-ethyl adjacent to an activating group) is 1. The summed E-state index contributed by atoms with van der Waals surface area (Å²) >= 11 is 0. The van der Waals surface area contributed by atoms with E-state index in [9.17, 15) is 0 Å². The molecular formula is C17H30N2. The Morgan fingerprint density at radius 3 is 2.37 bits per heavy atom. The molecule has 19 heavy (non-hydrogen) atoms. The van der Waals surface area contributed by atoms with Crippen LogP contribution in [0, 0.1) is 11.8 Å². The van der Waals surface area contributed by atoms with Crippen molar-refractivity contribution in [3.05, 3.63) is 0 Å². The van der Waals surface area contributed by atoms with Crippen molar-refractivity contribution in [3.8, 4) is 11.8 Å². The lowest BCUT2D eigenvalue weighted by Crippen LogP contribution is -2.61. The second-order valence-corrected chi connectivity index (χ2v) is 6.10. The fourth-order valence-electron chi connectivity index (χ4n) is 4.11. The van der Waals surface area contributed by atoms with Crippen LogP contribution in [0.3, 0.4) is 0 Å². The van der Waals surface area contributed by atoms with Crippen molar-refractivity contribution in [2.75, 3.05) is 19.6 Å². The maximum Gasteiger partial charge on any atom is 0.0371 e. The average molecular weight is 262 g/mol. The van der Waals surface area contributed by atoms with Gasteiger partial charge in [-0.1, -0.05) is 26.2 Å². The van der Waals surface area contributed by atoms with Crippen LogP contribution in [0.4, 0.5) is 0 Å². The molecule has 0 bridgehead atoms. The van der Waals surface area contributed by atoms with Gasteiger partial charge < -0.3 is 5.32 Å². The molecule has 0 radical (unpaired) electrons. The molecule has 1 saturated heterocycles. The lowest BCUT2D eigenvalue weighted by atomic mass is 9.82. The third-order valence-electron chi connectivity index (χ3n) is 5.04. The number of piperidine rings is 1. The Kier molecular flexibility index (Phi) is 5.73. The summed E-state index contributed by atoms with van der Waals surface area (Å²) in [6.45, 7) is 7.87. The molecule has 2 heteroatoms. The molecule has 1 unspecified atom stereocenters. The monoisotopic (exact) mass is 262 g/mol. The van der Waals surface area contributed by atoms with Gasteiger partial charge in [0.1, 0.15) is 0 Å². The summed E-state index contributed by atoms with van der Waals surface area (Å²) in [6.07, 6.45) is 10.8. The molecule has 2 fully saturated rings. The zero-order valence-corrected chi connectivity index (χ0v) is 12.8. The quantitative estimate of drug-likeness (QED) is 0.766. The highest BCUT2D eigenvalue weighted by molar-refractivity contribution is 5.09. The van der Waals surface area contributed by atoms with Gasteiger partial charge in [0.2, 0.25) is 0 Å². The number of likely N-dealkylation sites (tertiary alicyclic amines) is 1. The van der Waals surface area contributed by atoms with Crippen LogP contribution < -0.4 is 5.32 Å². The van der Waals surface area contributed by atoms with Crippen LogP contribution in [0.1, 0.15) is 65.2 Å². The van der Waals surface area contributed by atoms with Crippen LogP contribution in [-0.2, 0) is 0 Å². The van der Waals surface area contributed by atoms with Crippen LogP contribution in [0.25, 0.3) is 0 Å². The van der Waals surface area contributed by atoms with E-state index in [0.717, 1.165) is 13.0 Å². The van der Waals surface area contributed by atoms with Gasteiger partial charge >= 0.3 is 0 Å². The predicted molar refractivity (Wildman–Crippen MR) is 82.2 cm³/mol. The van der Waals surface area contributed by atoms with E-state index in [1.807, 2.05) is 6.92 Å². The van der Waals surface area contributed by atoms with Gasteiger partial charge in [0.25, 0.3) is 0 Å². The van der Waals surface area contributed by atoms with Crippen molar-refractivity contribution in [2.45, 2.75) is 76.8 Å². The van der Waals surface area contributed by atoms with Crippen molar-refractivity contribution in [2.24, 2.45) is 0 Å². The number of rotatable bonds is 5. The van der Waals surface area contributed by atoms with Gasteiger partial charge in [-0.3, -0.25) is 4.90 Å². The molecule has 108 valence electrons. The van der Waals surface area contributed by atoms with Gasteiger partial charge in [0, 0.05) is 18.0 Å². The van der Waals surface area contributed by atoms with Gasteiger partial charge in [0.15, 0.2) is 0 Å². The lowest BCUT2D eigenvalue weighted by molar-refractivity contribution is 0.0385. The van der Waals surface area contributed by atoms with Crippen molar-refractivity contribution in [1.82, 2.24) is 10.2 Å². The molecule has 1 aliphatic carbocycles. The molecule has 0 aromatic heterocycles. The van der Waals surface area contributed by atoms with Crippen molar-refractivity contribution >= 4 is 0 Å². The van der Waals surface area contributed by atoms with Gasteiger partial charge in [-0.25, -0.2) is 0 Å². The standard InChI is InChI=1S/C17H30N2/c1-3-5-11-16(18-4-2)17(12-7-8-13-17)19-14-9-6-10-15-19/h16,18H,4,6-15H2,1-2H3. The summed E-state index contributed by atoms with van der Waals surface area (Å²) in [5.74, 6) is 6.43. The topological polar surface area (TPSA) is 15.3 Å². The van der Waals surface area contributed by atoms with E-state index < -0.39 is 0 Å². The summed E-state index contributed by atoms with van der Waals surface area (Å²) in [4.78, 5) is 2.81. The number of nitrogens with one attached hydrogen (secondary N) is 1.